The molecule has 0 atom stereocenters. The minimum Gasteiger partial charge on any atom is -0.476 e. The van der Waals surface area contributed by atoms with Crippen molar-refractivity contribution in [2.24, 2.45) is 0 Å². The van der Waals surface area contributed by atoms with Crippen molar-refractivity contribution < 1.29 is 9.53 Å². The van der Waals surface area contributed by atoms with Crippen molar-refractivity contribution in [3.63, 3.8) is 0 Å². The Morgan fingerprint density at radius 3 is 2.70 bits per heavy atom. The SMILES string of the molecule is CCCOc1nn(CCC)cc1C(=O)Nc1ccc(C)cc1C. The maximum Gasteiger partial charge on any atom is 0.262 e. The van der Waals surface area contributed by atoms with Crippen LogP contribution in [-0.2, 0) is 6.54 Å². The van der Waals surface area contributed by atoms with E-state index in [0.717, 1.165) is 30.6 Å². The summed E-state index contributed by atoms with van der Waals surface area (Å²) in [4.78, 5) is 12.6. The van der Waals surface area contributed by atoms with E-state index < -0.39 is 0 Å². The summed E-state index contributed by atoms with van der Waals surface area (Å²) in [5, 5.41) is 7.32. The number of rotatable bonds is 7. The highest BCUT2D eigenvalue weighted by atomic mass is 16.5. The van der Waals surface area contributed by atoms with Crippen LogP contribution >= 0.6 is 0 Å². The van der Waals surface area contributed by atoms with Gasteiger partial charge in [-0.2, -0.15) is 0 Å². The number of aryl methyl sites for hydroxylation is 3. The topological polar surface area (TPSA) is 56.2 Å². The van der Waals surface area contributed by atoms with Crippen LogP contribution in [0.15, 0.2) is 24.4 Å². The quantitative estimate of drug-likeness (QED) is 0.841. The van der Waals surface area contributed by atoms with Gasteiger partial charge in [0.25, 0.3) is 5.91 Å². The second-order valence-corrected chi connectivity index (χ2v) is 5.73. The van der Waals surface area contributed by atoms with Gasteiger partial charge in [0.05, 0.1) is 6.61 Å². The first-order chi connectivity index (χ1) is 11.0. The fraction of sp³-hybridized carbons (Fsp3) is 0.444. The molecule has 0 unspecified atom stereocenters. The lowest BCUT2D eigenvalue weighted by molar-refractivity contribution is 0.102. The van der Waals surface area contributed by atoms with E-state index in [-0.39, 0.29) is 5.91 Å². The first-order valence-electron chi connectivity index (χ1n) is 8.14. The van der Waals surface area contributed by atoms with Crippen LogP contribution < -0.4 is 10.1 Å². The fourth-order valence-electron chi connectivity index (χ4n) is 2.35. The molecule has 0 aliphatic carbocycles. The molecular formula is C18H25N3O2. The molecule has 2 aromatic rings. The minimum atomic E-state index is -0.189. The van der Waals surface area contributed by atoms with Crippen LogP contribution in [0.25, 0.3) is 0 Å². The van der Waals surface area contributed by atoms with Gasteiger partial charge in [0.15, 0.2) is 0 Å². The zero-order chi connectivity index (χ0) is 16.8. The van der Waals surface area contributed by atoms with E-state index in [2.05, 4.69) is 17.3 Å². The Balaban J connectivity index is 2.22. The second-order valence-electron chi connectivity index (χ2n) is 5.73. The molecule has 1 aromatic heterocycles. The summed E-state index contributed by atoms with van der Waals surface area (Å²) in [6.07, 6.45) is 3.58. The number of carbonyl (C=O) groups is 1. The molecule has 0 fully saturated rings. The molecule has 0 aliphatic rings. The van der Waals surface area contributed by atoms with Gasteiger partial charge in [0.2, 0.25) is 5.88 Å². The Kier molecular flexibility index (Phi) is 5.79. The maximum atomic E-state index is 12.6. The van der Waals surface area contributed by atoms with Gasteiger partial charge >= 0.3 is 0 Å². The maximum absolute atomic E-state index is 12.6. The van der Waals surface area contributed by atoms with E-state index in [4.69, 9.17) is 4.74 Å². The number of aromatic nitrogens is 2. The summed E-state index contributed by atoms with van der Waals surface area (Å²) in [7, 11) is 0. The molecule has 0 saturated carbocycles. The van der Waals surface area contributed by atoms with E-state index in [1.165, 1.54) is 5.56 Å². The third-order valence-corrected chi connectivity index (χ3v) is 3.50. The summed E-state index contributed by atoms with van der Waals surface area (Å²) < 4.78 is 7.39. The smallest absolute Gasteiger partial charge is 0.262 e. The summed E-state index contributed by atoms with van der Waals surface area (Å²) in [6, 6.07) is 5.95. The Hall–Kier alpha value is -2.30. The first-order valence-corrected chi connectivity index (χ1v) is 8.14. The number of amides is 1. The van der Waals surface area contributed by atoms with Crippen LogP contribution in [0.1, 0.15) is 48.2 Å². The van der Waals surface area contributed by atoms with Crippen molar-refractivity contribution in [1.82, 2.24) is 9.78 Å². The molecule has 2 rings (SSSR count). The van der Waals surface area contributed by atoms with Crippen molar-refractivity contribution in [3.05, 3.63) is 41.1 Å². The normalized spacial score (nSPS) is 10.6. The number of benzene rings is 1. The van der Waals surface area contributed by atoms with Crippen LogP contribution in [0.3, 0.4) is 0 Å². The van der Waals surface area contributed by atoms with Gasteiger partial charge in [-0.1, -0.05) is 31.5 Å². The van der Waals surface area contributed by atoms with E-state index >= 15 is 0 Å². The van der Waals surface area contributed by atoms with Crippen molar-refractivity contribution in [2.75, 3.05) is 11.9 Å². The lowest BCUT2D eigenvalue weighted by atomic mass is 10.1. The molecule has 1 N–H and O–H groups in total. The van der Waals surface area contributed by atoms with Gasteiger partial charge in [-0.3, -0.25) is 9.48 Å². The number of anilines is 1. The minimum absolute atomic E-state index is 0.189. The van der Waals surface area contributed by atoms with Gasteiger partial charge in [-0.15, -0.1) is 5.10 Å². The average Bonchev–Trinajstić information content (AvgIpc) is 2.91. The average molecular weight is 315 g/mol. The highest BCUT2D eigenvalue weighted by Gasteiger charge is 2.18. The number of nitrogens with one attached hydrogen (secondary N) is 1. The summed E-state index contributed by atoms with van der Waals surface area (Å²) >= 11 is 0. The molecule has 0 saturated heterocycles. The summed E-state index contributed by atoms with van der Waals surface area (Å²) in [5.74, 6) is 0.216. The zero-order valence-electron chi connectivity index (χ0n) is 14.3. The number of hydrogen-bond acceptors (Lipinski definition) is 3. The third-order valence-electron chi connectivity index (χ3n) is 3.50. The summed E-state index contributed by atoms with van der Waals surface area (Å²) in [5.41, 5.74) is 3.50. The van der Waals surface area contributed by atoms with Crippen LogP contribution in [0.2, 0.25) is 0 Å². The van der Waals surface area contributed by atoms with Gasteiger partial charge in [-0.25, -0.2) is 0 Å². The number of nitrogens with zero attached hydrogens (tertiary/aromatic N) is 2. The molecule has 1 heterocycles. The first kappa shape index (κ1) is 17.1. The molecular weight excluding hydrogens is 290 g/mol. The van der Waals surface area contributed by atoms with E-state index in [9.17, 15) is 4.79 Å². The molecule has 5 heteroatoms. The predicted molar refractivity (Wildman–Crippen MR) is 92.2 cm³/mol. The molecule has 0 spiro atoms. The predicted octanol–water partition coefficient (Wildman–Crippen LogP) is 3.95. The van der Waals surface area contributed by atoms with Crippen LogP contribution in [0.5, 0.6) is 5.88 Å². The number of carbonyl (C=O) groups excluding carboxylic acids is 1. The molecule has 1 aromatic carbocycles. The zero-order valence-corrected chi connectivity index (χ0v) is 14.3. The lowest BCUT2D eigenvalue weighted by Crippen LogP contribution is -2.13. The monoisotopic (exact) mass is 315 g/mol. The molecule has 0 aliphatic heterocycles. The number of ether oxygens (including phenoxy) is 1. The second kappa shape index (κ2) is 7.81. The Labute approximate surface area is 137 Å². The highest BCUT2D eigenvalue weighted by Crippen LogP contribution is 2.21. The highest BCUT2D eigenvalue weighted by molar-refractivity contribution is 6.06. The van der Waals surface area contributed by atoms with Crippen molar-refractivity contribution in [2.45, 2.75) is 47.1 Å². The molecule has 0 radical (unpaired) electrons. The van der Waals surface area contributed by atoms with Crippen molar-refractivity contribution in [3.8, 4) is 5.88 Å². The van der Waals surface area contributed by atoms with Gasteiger partial charge in [0.1, 0.15) is 5.56 Å². The lowest BCUT2D eigenvalue weighted by Gasteiger charge is -2.09. The van der Waals surface area contributed by atoms with Crippen LogP contribution in [-0.4, -0.2) is 22.3 Å². The third kappa shape index (κ3) is 4.34. The van der Waals surface area contributed by atoms with E-state index in [1.54, 1.807) is 10.9 Å². The van der Waals surface area contributed by atoms with Crippen LogP contribution in [0, 0.1) is 13.8 Å². The molecule has 1 amide bonds. The largest absolute Gasteiger partial charge is 0.476 e. The van der Waals surface area contributed by atoms with Gasteiger partial charge in [-0.05, 0) is 38.3 Å². The standard InChI is InChI=1S/C18H25N3O2/c1-5-9-21-12-15(18(20-21)23-10-6-2)17(22)19-16-8-7-13(3)11-14(16)4/h7-8,11-12H,5-6,9-10H2,1-4H3,(H,19,22). The Bertz CT molecular complexity index is 677. The Morgan fingerprint density at radius 1 is 1.26 bits per heavy atom. The van der Waals surface area contributed by atoms with Gasteiger partial charge in [0, 0.05) is 18.4 Å². The molecule has 23 heavy (non-hydrogen) atoms. The van der Waals surface area contributed by atoms with Crippen molar-refractivity contribution in [1.29, 1.82) is 0 Å². The van der Waals surface area contributed by atoms with Crippen LogP contribution in [0.4, 0.5) is 5.69 Å². The molecule has 124 valence electrons. The van der Waals surface area contributed by atoms with Gasteiger partial charge < -0.3 is 10.1 Å². The van der Waals surface area contributed by atoms with Crippen molar-refractivity contribution >= 4 is 11.6 Å². The molecule has 0 bridgehead atoms. The fourth-order valence-corrected chi connectivity index (χ4v) is 2.35. The molecule has 5 nitrogen and oxygen atoms in total. The summed E-state index contributed by atoms with van der Waals surface area (Å²) in [6.45, 7) is 9.43. The van der Waals surface area contributed by atoms with E-state index in [1.807, 2.05) is 39.0 Å². The Morgan fingerprint density at radius 2 is 2.04 bits per heavy atom. The van der Waals surface area contributed by atoms with E-state index in [0.29, 0.717) is 18.1 Å². The number of hydrogen-bond donors (Lipinski definition) is 1.